The summed E-state index contributed by atoms with van der Waals surface area (Å²) in [6, 6.07) is 0. The molecule has 0 aromatic carbocycles. The summed E-state index contributed by atoms with van der Waals surface area (Å²) in [5.41, 5.74) is 2.88. The molecule has 114 valence electrons. The van der Waals surface area contributed by atoms with Crippen LogP contribution in [0.2, 0.25) is 0 Å². The molecule has 0 saturated carbocycles. The molecule has 0 aliphatic carbocycles. The summed E-state index contributed by atoms with van der Waals surface area (Å²) in [5, 5.41) is 3.91. The number of hydrogen-bond acceptors (Lipinski definition) is 3. The Bertz CT molecular complexity index is 363. The van der Waals surface area contributed by atoms with Gasteiger partial charge < -0.3 is 4.90 Å². The fourth-order valence-corrected chi connectivity index (χ4v) is 1.95. The van der Waals surface area contributed by atoms with E-state index in [0.29, 0.717) is 30.4 Å². The average molecular weight is 281 g/mol. The maximum Gasteiger partial charge on any atom is 0.270 e. The molecule has 0 fully saturated rings. The molecule has 20 heavy (non-hydrogen) atoms. The number of carbonyl (C=O) groups is 2. The monoisotopic (exact) mass is 281 g/mol. The van der Waals surface area contributed by atoms with Gasteiger partial charge in [0.2, 0.25) is 5.91 Å². The summed E-state index contributed by atoms with van der Waals surface area (Å²) in [4.78, 5) is 25.4. The first-order chi connectivity index (χ1) is 9.40. The van der Waals surface area contributed by atoms with Crippen LogP contribution in [0.25, 0.3) is 0 Å². The summed E-state index contributed by atoms with van der Waals surface area (Å²) in [6.45, 7) is 10.1. The average Bonchev–Trinajstić information content (AvgIpc) is 2.38. The van der Waals surface area contributed by atoms with E-state index in [2.05, 4.69) is 38.2 Å². The Balaban J connectivity index is 2.64. The number of nitrogens with one attached hydrogen (secondary N) is 1. The van der Waals surface area contributed by atoms with Gasteiger partial charge in [-0.15, -0.1) is 0 Å². The van der Waals surface area contributed by atoms with E-state index in [-0.39, 0.29) is 11.8 Å². The standard InChI is InChI=1S/C15H27N3O2/c1-11(2)7-9-18(10-8-12(3)4)15(20)13-5-6-14(19)17-16-13/h11-12H,5-10H2,1-4H3,(H,17,19). The zero-order valence-corrected chi connectivity index (χ0v) is 13.1. The molecular weight excluding hydrogens is 254 g/mol. The summed E-state index contributed by atoms with van der Waals surface area (Å²) in [7, 11) is 0. The van der Waals surface area contributed by atoms with Gasteiger partial charge in [0.25, 0.3) is 5.91 Å². The lowest BCUT2D eigenvalue weighted by Gasteiger charge is -2.25. The van der Waals surface area contributed by atoms with Gasteiger partial charge in [-0.2, -0.15) is 5.10 Å². The first-order valence-electron chi connectivity index (χ1n) is 7.54. The number of carbonyl (C=O) groups excluding carboxylic acids is 2. The second-order valence-corrected chi connectivity index (χ2v) is 6.25. The highest BCUT2D eigenvalue weighted by Gasteiger charge is 2.23. The molecule has 1 aliphatic heterocycles. The van der Waals surface area contributed by atoms with Crippen molar-refractivity contribution in [2.45, 2.75) is 53.4 Å². The Hall–Kier alpha value is -1.39. The highest BCUT2D eigenvalue weighted by molar-refractivity contribution is 6.39. The van der Waals surface area contributed by atoms with Gasteiger partial charge in [0, 0.05) is 25.9 Å². The van der Waals surface area contributed by atoms with Crippen molar-refractivity contribution in [3.63, 3.8) is 0 Å². The van der Waals surface area contributed by atoms with Crippen LogP contribution in [0, 0.1) is 11.8 Å². The lowest BCUT2D eigenvalue weighted by molar-refractivity contribution is -0.125. The molecule has 1 N–H and O–H groups in total. The van der Waals surface area contributed by atoms with E-state index in [9.17, 15) is 9.59 Å². The van der Waals surface area contributed by atoms with Gasteiger partial charge in [0.1, 0.15) is 5.71 Å². The molecule has 5 heteroatoms. The zero-order valence-electron chi connectivity index (χ0n) is 13.1. The number of nitrogens with zero attached hydrogens (tertiary/aromatic N) is 2. The van der Waals surface area contributed by atoms with Gasteiger partial charge in [-0.25, -0.2) is 5.43 Å². The van der Waals surface area contributed by atoms with E-state index in [1.807, 2.05) is 4.90 Å². The molecule has 1 heterocycles. The number of rotatable bonds is 7. The molecule has 1 aliphatic rings. The van der Waals surface area contributed by atoms with E-state index in [4.69, 9.17) is 0 Å². The normalized spacial score (nSPS) is 15.3. The minimum absolute atomic E-state index is 0.0219. The summed E-state index contributed by atoms with van der Waals surface area (Å²) in [6.07, 6.45) is 2.78. The van der Waals surface area contributed by atoms with Crippen LogP contribution >= 0.6 is 0 Å². The molecule has 0 radical (unpaired) electrons. The Morgan fingerprint density at radius 1 is 1.15 bits per heavy atom. The van der Waals surface area contributed by atoms with Crippen molar-refractivity contribution in [1.29, 1.82) is 0 Å². The number of amides is 2. The van der Waals surface area contributed by atoms with Crippen LogP contribution in [0.1, 0.15) is 53.4 Å². The van der Waals surface area contributed by atoms with Crippen molar-refractivity contribution < 1.29 is 9.59 Å². The van der Waals surface area contributed by atoms with Gasteiger partial charge in [0.15, 0.2) is 0 Å². The van der Waals surface area contributed by atoms with Gasteiger partial charge >= 0.3 is 0 Å². The fraction of sp³-hybridized carbons (Fsp3) is 0.800. The van der Waals surface area contributed by atoms with Crippen molar-refractivity contribution in [2.24, 2.45) is 16.9 Å². The largest absolute Gasteiger partial charge is 0.338 e. The van der Waals surface area contributed by atoms with Gasteiger partial charge in [-0.1, -0.05) is 27.7 Å². The van der Waals surface area contributed by atoms with Gasteiger partial charge in [-0.3, -0.25) is 9.59 Å². The lowest BCUT2D eigenvalue weighted by Crippen LogP contribution is -2.41. The molecule has 0 aromatic rings. The Morgan fingerprint density at radius 2 is 1.70 bits per heavy atom. The smallest absolute Gasteiger partial charge is 0.270 e. The molecule has 2 amide bonds. The van der Waals surface area contributed by atoms with Crippen molar-refractivity contribution in [1.82, 2.24) is 10.3 Å². The molecule has 0 aromatic heterocycles. The van der Waals surface area contributed by atoms with E-state index in [0.717, 1.165) is 25.9 Å². The number of hydrazone groups is 1. The molecule has 1 rings (SSSR count). The minimum atomic E-state index is -0.113. The highest BCUT2D eigenvalue weighted by atomic mass is 16.2. The second kappa shape index (κ2) is 8.02. The number of hydrogen-bond donors (Lipinski definition) is 1. The van der Waals surface area contributed by atoms with Gasteiger partial charge in [-0.05, 0) is 24.7 Å². The summed E-state index contributed by atoms with van der Waals surface area (Å²) in [5.74, 6) is 0.999. The maximum atomic E-state index is 12.5. The Morgan fingerprint density at radius 3 is 2.10 bits per heavy atom. The van der Waals surface area contributed by atoms with Crippen molar-refractivity contribution >= 4 is 17.5 Å². The van der Waals surface area contributed by atoms with Crippen LogP contribution in [0.4, 0.5) is 0 Å². The predicted molar refractivity (Wildman–Crippen MR) is 80.3 cm³/mol. The third kappa shape index (κ3) is 5.72. The molecule has 5 nitrogen and oxygen atoms in total. The maximum absolute atomic E-state index is 12.5. The third-order valence-corrected chi connectivity index (χ3v) is 3.39. The molecule has 0 atom stereocenters. The molecule has 0 spiro atoms. The van der Waals surface area contributed by atoms with Crippen LogP contribution < -0.4 is 5.43 Å². The predicted octanol–water partition coefficient (Wildman–Crippen LogP) is 2.17. The zero-order chi connectivity index (χ0) is 15.1. The van der Waals surface area contributed by atoms with E-state index < -0.39 is 0 Å². The lowest BCUT2D eigenvalue weighted by atomic mass is 10.1. The van der Waals surface area contributed by atoms with E-state index in [1.165, 1.54) is 0 Å². The molecule has 0 bridgehead atoms. The summed E-state index contributed by atoms with van der Waals surface area (Å²) < 4.78 is 0. The van der Waals surface area contributed by atoms with Crippen molar-refractivity contribution in [3.8, 4) is 0 Å². The Kier molecular flexibility index (Phi) is 6.68. The molecular formula is C15H27N3O2. The first-order valence-corrected chi connectivity index (χ1v) is 7.54. The minimum Gasteiger partial charge on any atom is -0.338 e. The second-order valence-electron chi connectivity index (χ2n) is 6.25. The van der Waals surface area contributed by atoms with Crippen LogP contribution in [-0.4, -0.2) is 35.5 Å². The van der Waals surface area contributed by atoms with Crippen LogP contribution in [0.15, 0.2) is 5.10 Å². The van der Waals surface area contributed by atoms with Crippen LogP contribution in [0.3, 0.4) is 0 Å². The molecule has 0 unspecified atom stereocenters. The first kappa shape index (κ1) is 16.7. The Labute approximate surface area is 121 Å². The quantitative estimate of drug-likeness (QED) is 0.777. The molecule has 0 saturated heterocycles. The van der Waals surface area contributed by atoms with Crippen LogP contribution in [0.5, 0.6) is 0 Å². The summed E-state index contributed by atoms with van der Waals surface area (Å²) >= 11 is 0. The third-order valence-electron chi connectivity index (χ3n) is 3.39. The fourth-order valence-electron chi connectivity index (χ4n) is 1.95. The van der Waals surface area contributed by atoms with Crippen molar-refractivity contribution in [2.75, 3.05) is 13.1 Å². The van der Waals surface area contributed by atoms with E-state index in [1.54, 1.807) is 0 Å². The topological polar surface area (TPSA) is 61.8 Å². The van der Waals surface area contributed by atoms with Crippen molar-refractivity contribution in [3.05, 3.63) is 0 Å². The highest BCUT2D eigenvalue weighted by Crippen LogP contribution is 2.10. The van der Waals surface area contributed by atoms with Crippen LogP contribution in [-0.2, 0) is 9.59 Å². The SMILES string of the molecule is CC(C)CCN(CCC(C)C)C(=O)C1=NNC(=O)CC1. The van der Waals surface area contributed by atoms with Gasteiger partial charge in [0.05, 0.1) is 0 Å². The van der Waals surface area contributed by atoms with E-state index >= 15 is 0 Å².